The van der Waals surface area contributed by atoms with E-state index < -0.39 is 20.7 Å². The first-order valence-electron chi connectivity index (χ1n) is 8.12. The van der Waals surface area contributed by atoms with Crippen LogP contribution in [-0.4, -0.2) is 4.43 Å². The van der Waals surface area contributed by atoms with Crippen molar-refractivity contribution in [3.05, 3.63) is 82.9 Å². The van der Waals surface area contributed by atoms with E-state index in [-0.39, 0.29) is 24.8 Å². The molecule has 0 aromatic heterocycles. The number of rotatable bonds is 3. The first-order chi connectivity index (χ1) is 10.9. The molecule has 2 unspecified atom stereocenters. The van der Waals surface area contributed by atoms with Crippen molar-refractivity contribution in [1.82, 2.24) is 0 Å². The predicted octanol–water partition coefficient (Wildman–Crippen LogP) is 6.04. The summed E-state index contributed by atoms with van der Waals surface area (Å²) in [5.41, 5.74) is 6.03. The molecule has 0 radical (unpaired) electrons. The second-order valence-electron chi connectivity index (χ2n) is 6.04. The van der Waals surface area contributed by atoms with Crippen LogP contribution in [0.15, 0.2) is 60.7 Å². The average molecular weight is 522 g/mol. The Bertz CT molecular complexity index is 747. The summed E-state index contributed by atoms with van der Waals surface area (Å²) in [6.45, 7) is 2.31. The van der Waals surface area contributed by atoms with Gasteiger partial charge in [0.05, 0.1) is 0 Å². The largest absolute Gasteiger partial charge is 0.147 e. The van der Waals surface area contributed by atoms with Crippen molar-refractivity contribution in [2.45, 2.75) is 20.6 Å². The minimum absolute atomic E-state index is 0. The Labute approximate surface area is 164 Å². The maximum absolute atomic E-state index is 2.72. The summed E-state index contributed by atoms with van der Waals surface area (Å²) in [5.74, 6) is 0. The van der Waals surface area contributed by atoms with Crippen LogP contribution in [0.4, 0.5) is 0 Å². The fourth-order valence-corrected chi connectivity index (χ4v) is 15.4. The van der Waals surface area contributed by atoms with E-state index in [2.05, 4.69) is 84.2 Å². The van der Waals surface area contributed by atoms with Crippen molar-refractivity contribution in [1.29, 1.82) is 0 Å². The molecular weight excluding hydrogens is 500 g/mol. The molecule has 2 atom stereocenters. The van der Waals surface area contributed by atoms with Crippen LogP contribution in [-0.2, 0) is 20.7 Å². The number of allylic oxidation sites excluding steroid dienone is 2. The first kappa shape index (κ1) is 19.8. The molecule has 24 heavy (non-hydrogen) atoms. The number of benzene rings is 2. The van der Waals surface area contributed by atoms with E-state index in [9.17, 15) is 0 Å². The Balaban J connectivity index is 0.00000104. The molecule has 4 heteroatoms. The van der Waals surface area contributed by atoms with Gasteiger partial charge >= 0.3 is 141 Å². The summed E-state index contributed by atoms with van der Waals surface area (Å²) in [5, 5.41) is 0. The fraction of sp³-hybridized carbons (Fsp3) is 0.200. The zero-order valence-electron chi connectivity index (χ0n) is 13.7. The monoisotopic (exact) mass is 522 g/mol. The molecule has 0 saturated heterocycles. The summed E-state index contributed by atoms with van der Waals surface area (Å²) in [6.07, 6.45) is 10.9. The molecule has 0 N–H and O–H groups in total. The third kappa shape index (κ3) is 3.52. The van der Waals surface area contributed by atoms with Crippen LogP contribution in [0, 0.1) is 0 Å². The fourth-order valence-electron chi connectivity index (χ4n) is 3.76. The van der Waals surface area contributed by atoms with Crippen molar-refractivity contribution >= 4 is 41.4 Å². The van der Waals surface area contributed by atoms with Gasteiger partial charge in [-0.3, -0.25) is 0 Å². The van der Waals surface area contributed by atoms with Gasteiger partial charge in [-0.1, -0.05) is 0 Å². The third-order valence-electron chi connectivity index (χ3n) is 4.76. The molecule has 0 amide bonds. The van der Waals surface area contributed by atoms with Gasteiger partial charge in [-0.15, -0.1) is 24.8 Å². The molecule has 2 aromatic rings. The summed E-state index contributed by atoms with van der Waals surface area (Å²) in [4.78, 5) is 0. The maximum atomic E-state index is 2.72. The molecule has 0 fully saturated rings. The smallest absolute Gasteiger partial charge is 0.147 e. The van der Waals surface area contributed by atoms with E-state index in [1.165, 1.54) is 17.4 Å². The molecule has 0 saturated carbocycles. The standard InChI is InChI=1S/2C9H7.C2H5B.2ClH.Hf/c2*1-2-5-9-7-3-6-8(9)4-1;1-2-3;;;/h2*1-7H;2H2,1H3;2*1H;. The zero-order chi connectivity index (χ0) is 14.9. The molecule has 122 valence electrons. The summed E-state index contributed by atoms with van der Waals surface area (Å²) < 4.78 is 4.14. The van der Waals surface area contributed by atoms with Gasteiger partial charge in [-0.05, 0) is 0 Å². The third-order valence-corrected chi connectivity index (χ3v) is 16.7. The molecule has 0 heterocycles. The normalized spacial score (nSPS) is 18.9. The van der Waals surface area contributed by atoms with Crippen molar-refractivity contribution in [3.63, 3.8) is 0 Å². The van der Waals surface area contributed by atoms with E-state index in [1.807, 2.05) is 0 Å². The zero-order valence-corrected chi connectivity index (χ0v) is 18.9. The second kappa shape index (κ2) is 8.69. The van der Waals surface area contributed by atoms with E-state index in [0.29, 0.717) is 7.35 Å². The summed E-state index contributed by atoms with van der Waals surface area (Å²) >= 11 is -1.99. The Morgan fingerprint density at radius 2 is 1.25 bits per heavy atom. The van der Waals surface area contributed by atoms with Crippen LogP contribution in [0.5, 0.6) is 0 Å². The minimum atomic E-state index is -1.99. The van der Waals surface area contributed by atoms with Crippen LogP contribution < -0.4 is 0 Å². The molecule has 0 bridgehead atoms. The van der Waals surface area contributed by atoms with Crippen molar-refractivity contribution in [3.8, 4) is 0 Å². The van der Waals surface area contributed by atoms with Gasteiger partial charge in [-0.2, -0.15) is 0 Å². The van der Waals surface area contributed by atoms with Gasteiger partial charge < -0.3 is 0 Å². The Hall–Kier alpha value is -0.565. The first-order valence-corrected chi connectivity index (χ1v) is 14.3. The SMILES string of the molecule is CC[B]=[Hf]([CH]1C=Cc2ccccc21)[CH]1C=Cc2ccccc21.Cl.Cl. The summed E-state index contributed by atoms with van der Waals surface area (Å²) in [7, 11) is 0. The molecule has 0 nitrogen and oxygen atoms in total. The van der Waals surface area contributed by atoms with Crippen LogP contribution >= 0.6 is 24.8 Å². The molecule has 4 rings (SSSR count). The van der Waals surface area contributed by atoms with Crippen LogP contribution in [0.25, 0.3) is 12.2 Å². The minimum Gasteiger partial charge on any atom is -0.147 e. The predicted molar refractivity (Wildman–Crippen MR) is 107 cm³/mol. The van der Waals surface area contributed by atoms with Gasteiger partial charge in [-0.25, -0.2) is 0 Å². The van der Waals surface area contributed by atoms with Crippen LogP contribution in [0.1, 0.15) is 36.5 Å². The molecule has 2 aromatic carbocycles. The average Bonchev–Trinajstić information content (AvgIpc) is 3.17. The van der Waals surface area contributed by atoms with E-state index >= 15 is 0 Å². The number of hydrogen-bond donors (Lipinski definition) is 0. The van der Waals surface area contributed by atoms with Crippen LogP contribution in [0.2, 0.25) is 6.32 Å². The molecule has 2 aliphatic rings. The van der Waals surface area contributed by atoms with Crippen molar-refractivity contribution in [2.75, 3.05) is 0 Å². The maximum Gasteiger partial charge on any atom is -0.147 e. The number of halogens is 2. The molecular formula is C20H21BCl2Hf. The van der Waals surface area contributed by atoms with Gasteiger partial charge in [0, 0.05) is 0 Å². The molecule has 2 aliphatic carbocycles. The van der Waals surface area contributed by atoms with Gasteiger partial charge in [0.15, 0.2) is 0 Å². The molecule has 0 spiro atoms. The Morgan fingerprint density at radius 1 is 0.792 bits per heavy atom. The summed E-state index contributed by atoms with van der Waals surface area (Å²) in [6, 6.07) is 17.9. The van der Waals surface area contributed by atoms with E-state index in [0.717, 1.165) is 0 Å². The second-order valence-corrected chi connectivity index (χ2v) is 15.6. The molecule has 0 aliphatic heterocycles. The Kier molecular flexibility index (Phi) is 7.16. The van der Waals surface area contributed by atoms with Crippen molar-refractivity contribution in [2.24, 2.45) is 0 Å². The topological polar surface area (TPSA) is 0 Å². The number of hydrogen-bond acceptors (Lipinski definition) is 0. The van der Waals surface area contributed by atoms with Gasteiger partial charge in [0.2, 0.25) is 0 Å². The number of fused-ring (bicyclic) bond motifs is 2. The van der Waals surface area contributed by atoms with Crippen molar-refractivity contribution < 1.29 is 20.7 Å². The quantitative estimate of drug-likeness (QED) is 0.432. The van der Waals surface area contributed by atoms with E-state index in [4.69, 9.17) is 0 Å². The van der Waals surface area contributed by atoms with E-state index in [1.54, 1.807) is 11.1 Å². The Morgan fingerprint density at radius 3 is 1.71 bits per heavy atom. The van der Waals surface area contributed by atoms with Gasteiger partial charge in [0.25, 0.3) is 0 Å². The van der Waals surface area contributed by atoms with Gasteiger partial charge in [0.1, 0.15) is 0 Å². The van der Waals surface area contributed by atoms with Crippen LogP contribution in [0.3, 0.4) is 0 Å².